The maximum Gasteiger partial charge on any atom is 0.108 e. The van der Waals surface area contributed by atoms with Crippen LogP contribution in [0.15, 0.2) is 18.6 Å². The van der Waals surface area contributed by atoms with Gasteiger partial charge in [-0.3, -0.25) is 9.97 Å². The molecule has 0 aliphatic carbocycles. The van der Waals surface area contributed by atoms with Gasteiger partial charge in [-0.05, 0) is 12.8 Å². The summed E-state index contributed by atoms with van der Waals surface area (Å²) in [5, 5.41) is 10.00. The summed E-state index contributed by atoms with van der Waals surface area (Å²) in [6.07, 6.45) is 6.16. The van der Waals surface area contributed by atoms with Gasteiger partial charge in [-0.1, -0.05) is 13.8 Å². The van der Waals surface area contributed by atoms with Crippen molar-refractivity contribution in [2.75, 3.05) is 0 Å². The number of hydrogen-bond acceptors (Lipinski definition) is 3. The molecule has 0 amide bonds. The van der Waals surface area contributed by atoms with Crippen LogP contribution in [-0.4, -0.2) is 15.1 Å². The van der Waals surface area contributed by atoms with Crippen LogP contribution in [0.2, 0.25) is 0 Å². The minimum atomic E-state index is -0.797. The van der Waals surface area contributed by atoms with Crippen LogP contribution in [0.3, 0.4) is 0 Å². The molecular weight excluding hydrogens is 152 g/mol. The number of rotatable bonds is 3. The van der Waals surface area contributed by atoms with E-state index in [1.807, 2.05) is 13.8 Å². The van der Waals surface area contributed by atoms with Crippen molar-refractivity contribution in [1.29, 1.82) is 0 Å². The van der Waals surface area contributed by atoms with E-state index in [9.17, 15) is 5.11 Å². The Bertz CT molecular complexity index is 232. The minimum Gasteiger partial charge on any atom is -0.384 e. The Morgan fingerprint density at radius 3 is 2.42 bits per heavy atom. The zero-order chi connectivity index (χ0) is 9.03. The molecule has 0 bridgehead atoms. The van der Waals surface area contributed by atoms with E-state index in [1.54, 1.807) is 18.6 Å². The Morgan fingerprint density at radius 2 is 2.00 bits per heavy atom. The topological polar surface area (TPSA) is 46.0 Å². The highest BCUT2D eigenvalue weighted by molar-refractivity contribution is 5.06. The molecule has 0 aromatic carbocycles. The van der Waals surface area contributed by atoms with Crippen molar-refractivity contribution in [1.82, 2.24) is 9.97 Å². The lowest BCUT2D eigenvalue weighted by atomic mass is 9.94. The van der Waals surface area contributed by atoms with Crippen LogP contribution in [0.25, 0.3) is 0 Å². The maximum atomic E-state index is 10.00. The average Bonchev–Trinajstić information content (AvgIpc) is 2.18. The van der Waals surface area contributed by atoms with E-state index < -0.39 is 5.60 Å². The predicted molar refractivity (Wildman–Crippen MR) is 46.5 cm³/mol. The molecule has 0 spiro atoms. The quantitative estimate of drug-likeness (QED) is 0.739. The molecule has 66 valence electrons. The summed E-state index contributed by atoms with van der Waals surface area (Å²) in [5.41, 5.74) is -0.135. The Kier molecular flexibility index (Phi) is 2.76. The molecule has 0 saturated carbocycles. The lowest BCUT2D eigenvalue weighted by molar-refractivity contribution is 0.0236. The van der Waals surface area contributed by atoms with E-state index in [1.165, 1.54) is 0 Å². The second-order valence-corrected chi connectivity index (χ2v) is 2.83. The Labute approximate surface area is 72.5 Å². The van der Waals surface area contributed by atoms with Gasteiger partial charge in [0, 0.05) is 12.4 Å². The summed E-state index contributed by atoms with van der Waals surface area (Å²) in [7, 11) is 0. The van der Waals surface area contributed by atoms with Crippen molar-refractivity contribution in [2.45, 2.75) is 32.3 Å². The van der Waals surface area contributed by atoms with Crippen molar-refractivity contribution >= 4 is 0 Å². The fourth-order valence-corrected chi connectivity index (χ4v) is 1.15. The number of aromatic nitrogens is 2. The second-order valence-electron chi connectivity index (χ2n) is 2.83. The molecule has 1 heterocycles. The number of aliphatic hydroxyl groups is 1. The van der Waals surface area contributed by atoms with Gasteiger partial charge < -0.3 is 5.11 Å². The summed E-state index contributed by atoms with van der Waals surface area (Å²) < 4.78 is 0. The van der Waals surface area contributed by atoms with Gasteiger partial charge in [0.25, 0.3) is 0 Å². The highest BCUT2D eigenvalue weighted by Gasteiger charge is 2.26. The van der Waals surface area contributed by atoms with Gasteiger partial charge in [0.05, 0.1) is 11.9 Å². The van der Waals surface area contributed by atoms with Crippen molar-refractivity contribution in [2.24, 2.45) is 0 Å². The summed E-state index contributed by atoms with van der Waals surface area (Å²) >= 11 is 0. The van der Waals surface area contributed by atoms with Crippen LogP contribution in [0.4, 0.5) is 0 Å². The molecule has 3 heteroatoms. The van der Waals surface area contributed by atoms with Gasteiger partial charge in [-0.15, -0.1) is 0 Å². The van der Waals surface area contributed by atoms with E-state index in [-0.39, 0.29) is 0 Å². The standard InChI is InChI=1S/C9H14N2O/c1-3-9(12,4-2)8-7-10-5-6-11-8/h5-7,12H,3-4H2,1-2H3. The SMILES string of the molecule is CCC(O)(CC)c1cnccn1. The summed E-state index contributed by atoms with van der Waals surface area (Å²) in [6.45, 7) is 3.89. The fraction of sp³-hybridized carbons (Fsp3) is 0.556. The lowest BCUT2D eigenvalue weighted by Crippen LogP contribution is -2.24. The third-order valence-electron chi connectivity index (χ3n) is 2.21. The van der Waals surface area contributed by atoms with Crippen LogP contribution >= 0.6 is 0 Å². The third-order valence-corrected chi connectivity index (χ3v) is 2.21. The van der Waals surface area contributed by atoms with Crippen LogP contribution in [0, 0.1) is 0 Å². The monoisotopic (exact) mass is 166 g/mol. The van der Waals surface area contributed by atoms with Gasteiger partial charge in [0.2, 0.25) is 0 Å². The third kappa shape index (κ3) is 1.61. The molecule has 1 rings (SSSR count). The van der Waals surface area contributed by atoms with E-state index in [0.717, 1.165) is 0 Å². The Balaban J connectivity index is 2.95. The smallest absolute Gasteiger partial charge is 0.108 e. The Hall–Kier alpha value is -0.960. The zero-order valence-corrected chi connectivity index (χ0v) is 7.49. The van der Waals surface area contributed by atoms with Crippen LogP contribution in [-0.2, 0) is 5.60 Å². The second kappa shape index (κ2) is 3.63. The summed E-state index contributed by atoms with van der Waals surface area (Å²) in [4.78, 5) is 8.00. The van der Waals surface area contributed by atoms with Gasteiger partial charge in [0.1, 0.15) is 5.60 Å². The van der Waals surface area contributed by atoms with Gasteiger partial charge >= 0.3 is 0 Å². The zero-order valence-electron chi connectivity index (χ0n) is 7.49. The minimum absolute atomic E-state index is 0.662. The average molecular weight is 166 g/mol. The molecule has 0 unspecified atom stereocenters. The highest BCUT2D eigenvalue weighted by atomic mass is 16.3. The van der Waals surface area contributed by atoms with Crippen LogP contribution < -0.4 is 0 Å². The first-order valence-electron chi connectivity index (χ1n) is 4.22. The van der Waals surface area contributed by atoms with Gasteiger partial charge in [-0.2, -0.15) is 0 Å². The van der Waals surface area contributed by atoms with E-state index in [4.69, 9.17) is 0 Å². The molecule has 0 aliphatic heterocycles. The molecule has 0 radical (unpaired) electrons. The van der Waals surface area contributed by atoms with Crippen molar-refractivity contribution in [3.63, 3.8) is 0 Å². The summed E-state index contributed by atoms with van der Waals surface area (Å²) in [6, 6.07) is 0. The molecule has 0 saturated heterocycles. The first kappa shape index (κ1) is 9.13. The van der Waals surface area contributed by atoms with E-state index >= 15 is 0 Å². The Morgan fingerprint density at radius 1 is 1.33 bits per heavy atom. The largest absolute Gasteiger partial charge is 0.384 e. The molecule has 1 N–H and O–H groups in total. The van der Waals surface area contributed by atoms with Crippen LogP contribution in [0.5, 0.6) is 0 Å². The fourth-order valence-electron chi connectivity index (χ4n) is 1.15. The molecule has 0 atom stereocenters. The maximum absolute atomic E-state index is 10.00. The van der Waals surface area contributed by atoms with Gasteiger partial charge in [-0.25, -0.2) is 0 Å². The van der Waals surface area contributed by atoms with E-state index in [0.29, 0.717) is 18.5 Å². The predicted octanol–water partition coefficient (Wildman–Crippen LogP) is 1.48. The summed E-state index contributed by atoms with van der Waals surface area (Å²) in [5.74, 6) is 0. The molecule has 1 aromatic heterocycles. The van der Waals surface area contributed by atoms with Crippen molar-refractivity contribution in [3.8, 4) is 0 Å². The lowest BCUT2D eigenvalue weighted by Gasteiger charge is -2.23. The van der Waals surface area contributed by atoms with Crippen molar-refractivity contribution in [3.05, 3.63) is 24.3 Å². The molecule has 0 fully saturated rings. The molecular formula is C9H14N2O. The molecule has 1 aromatic rings. The number of nitrogens with zero attached hydrogens (tertiary/aromatic N) is 2. The first-order valence-corrected chi connectivity index (χ1v) is 4.22. The normalized spacial score (nSPS) is 11.6. The van der Waals surface area contributed by atoms with Crippen LogP contribution in [0.1, 0.15) is 32.4 Å². The van der Waals surface area contributed by atoms with Gasteiger partial charge in [0.15, 0.2) is 0 Å². The van der Waals surface area contributed by atoms with E-state index in [2.05, 4.69) is 9.97 Å². The number of hydrogen-bond donors (Lipinski definition) is 1. The highest BCUT2D eigenvalue weighted by Crippen LogP contribution is 2.25. The van der Waals surface area contributed by atoms with Crippen molar-refractivity contribution < 1.29 is 5.11 Å². The molecule has 0 aliphatic rings. The molecule has 12 heavy (non-hydrogen) atoms. The first-order chi connectivity index (χ1) is 5.73. The molecule has 3 nitrogen and oxygen atoms in total.